The summed E-state index contributed by atoms with van der Waals surface area (Å²) in [5, 5.41) is 17.7. The maximum absolute atomic E-state index is 10.2. The normalized spacial score (nSPS) is 15.3. The van der Waals surface area contributed by atoms with Gasteiger partial charge in [0, 0.05) is 6.42 Å². The lowest BCUT2D eigenvalue weighted by molar-refractivity contribution is 0.864. The van der Waals surface area contributed by atoms with E-state index in [-0.39, 0.29) is 5.92 Å². The van der Waals surface area contributed by atoms with Gasteiger partial charge in [0.05, 0.1) is 17.6 Å². The van der Waals surface area contributed by atoms with Crippen LogP contribution in [0.5, 0.6) is 0 Å². The molecule has 8 rings (SSSR count). The number of hydrogen-bond acceptors (Lipinski definition) is 1. The molecule has 47 heavy (non-hydrogen) atoms. The minimum absolute atomic E-state index is 0.0293. The molecule has 1 aliphatic rings. The summed E-state index contributed by atoms with van der Waals surface area (Å²) in [6.45, 7) is 4.45. The molecule has 0 aliphatic heterocycles. The zero-order valence-corrected chi connectivity index (χ0v) is 26.6. The topological polar surface area (TPSA) is 23.8 Å². The molecule has 1 aliphatic carbocycles. The predicted molar refractivity (Wildman–Crippen MR) is 197 cm³/mol. The zero-order chi connectivity index (χ0) is 31.9. The number of hydrogen-bond donors (Lipinski definition) is 0. The number of benzene rings is 7. The van der Waals surface area contributed by atoms with Crippen LogP contribution in [0.25, 0.3) is 49.0 Å². The van der Waals surface area contributed by atoms with Crippen LogP contribution in [-0.4, -0.2) is 0 Å². The molecule has 0 heterocycles. The molecule has 222 valence electrons. The third-order valence-corrected chi connectivity index (χ3v) is 9.60. The van der Waals surface area contributed by atoms with Gasteiger partial charge in [0.15, 0.2) is 0 Å². The standard InChI is InChI=1S/C46H33N/c1-30(2)32-19-21-33(22-20-32)37-11-3-4-12-38(40-14-6-5-13-39(37)40)36-26-31(29-47)25-35(27-36)34-23-24-45-43-17-8-7-15-41(43)42-16-9-10-18-44(42)46(45)28-34/h5-10,12-28,30,37H,4H2,1-2H3/b38-12-. The zero-order valence-electron chi connectivity index (χ0n) is 26.6. The maximum Gasteiger partial charge on any atom is 0.0992 e. The Morgan fingerprint density at radius 2 is 1.23 bits per heavy atom. The molecule has 0 radical (unpaired) electrons. The van der Waals surface area contributed by atoms with Gasteiger partial charge in [-0.3, -0.25) is 0 Å². The second-order valence-electron chi connectivity index (χ2n) is 12.7. The Morgan fingerprint density at radius 1 is 0.617 bits per heavy atom. The second kappa shape index (κ2) is 11.8. The molecule has 0 saturated carbocycles. The van der Waals surface area contributed by atoms with Gasteiger partial charge in [-0.25, -0.2) is 0 Å². The van der Waals surface area contributed by atoms with Crippen LogP contribution in [0.4, 0.5) is 0 Å². The number of allylic oxidation sites excluding steroid dienone is 1. The van der Waals surface area contributed by atoms with E-state index in [4.69, 9.17) is 0 Å². The predicted octanol–water partition coefficient (Wildman–Crippen LogP) is 11.8. The highest BCUT2D eigenvalue weighted by Gasteiger charge is 2.21. The van der Waals surface area contributed by atoms with E-state index in [1.54, 1.807) is 0 Å². The first-order valence-corrected chi connectivity index (χ1v) is 16.4. The van der Waals surface area contributed by atoms with Crippen molar-refractivity contribution >= 4 is 37.9 Å². The van der Waals surface area contributed by atoms with E-state index < -0.39 is 0 Å². The Kier molecular flexibility index (Phi) is 7.17. The molecule has 0 aromatic heterocycles. The van der Waals surface area contributed by atoms with Crippen LogP contribution in [-0.2, 0) is 0 Å². The van der Waals surface area contributed by atoms with Crippen LogP contribution in [0.2, 0.25) is 0 Å². The van der Waals surface area contributed by atoms with Crippen molar-refractivity contribution in [1.82, 2.24) is 0 Å². The number of rotatable bonds is 4. The molecule has 7 aromatic rings. The van der Waals surface area contributed by atoms with Crippen LogP contribution in [0.3, 0.4) is 0 Å². The van der Waals surface area contributed by atoms with Gasteiger partial charge in [-0.1, -0.05) is 141 Å². The van der Waals surface area contributed by atoms with Crippen LogP contribution < -0.4 is 0 Å². The van der Waals surface area contributed by atoms with Crippen molar-refractivity contribution in [1.29, 1.82) is 5.26 Å². The quantitative estimate of drug-likeness (QED) is 0.146. The number of nitrogens with zero attached hydrogens (tertiary/aromatic N) is 1. The number of nitriles is 1. The van der Waals surface area contributed by atoms with E-state index in [0.717, 1.165) is 27.8 Å². The first-order chi connectivity index (χ1) is 23.1. The molecule has 1 nitrogen and oxygen atoms in total. The lowest BCUT2D eigenvalue weighted by atomic mass is 9.82. The fourth-order valence-corrected chi connectivity index (χ4v) is 7.21. The average Bonchev–Trinajstić information content (AvgIpc) is 3.12. The fourth-order valence-electron chi connectivity index (χ4n) is 7.21. The molecule has 0 N–H and O–H groups in total. The van der Waals surface area contributed by atoms with Crippen molar-refractivity contribution in [3.05, 3.63) is 173 Å². The van der Waals surface area contributed by atoms with E-state index in [2.05, 4.69) is 159 Å². The van der Waals surface area contributed by atoms with Gasteiger partial charge in [-0.15, -0.1) is 0 Å². The lowest BCUT2D eigenvalue weighted by Gasteiger charge is -2.21. The lowest BCUT2D eigenvalue weighted by Crippen LogP contribution is -2.05. The Hall–Kier alpha value is -5.89. The largest absolute Gasteiger partial charge is 0.192 e. The molecular weight excluding hydrogens is 567 g/mol. The SMILES string of the molecule is CC(C)c1ccc(C2C#CC/C=C(/c3cc(C#N)cc(-c4ccc5c6ccccc6c6ccccc6c5c4)c3)c3ccccc32)cc1. The van der Waals surface area contributed by atoms with E-state index in [0.29, 0.717) is 17.9 Å². The molecule has 0 fully saturated rings. The van der Waals surface area contributed by atoms with Crippen molar-refractivity contribution in [2.24, 2.45) is 0 Å². The van der Waals surface area contributed by atoms with E-state index in [1.807, 2.05) is 12.1 Å². The third-order valence-electron chi connectivity index (χ3n) is 9.60. The van der Waals surface area contributed by atoms with Gasteiger partial charge in [-0.2, -0.15) is 5.26 Å². The smallest absolute Gasteiger partial charge is 0.0992 e. The summed E-state index contributed by atoms with van der Waals surface area (Å²) >= 11 is 0. The summed E-state index contributed by atoms with van der Waals surface area (Å²) in [5.74, 6) is 7.47. The van der Waals surface area contributed by atoms with Crippen molar-refractivity contribution in [2.75, 3.05) is 0 Å². The molecule has 1 heteroatoms. The van der Waals surface area contributed by atoms with Crippen LogP contribution in [0.15, 0.2) is 140 Å². The van der Waals surface area contributed by atoms with Crippen LogP contribution >= 0.6 is 0 Å². The Balaban J connectivity index is 1.28. The number of fused-ring (bicyclic) bond motifs is 7. The minimum atomic E-state index is -0.0293. The van der Waals surface area contributed by atoms with Crippen molar-refractivity contribution in [2.45, 2.75) is 32.1 Å². The summed E-state index contributed by atoms with van der Waals surface area (Å²) < 4.78 is 0. The third kappa shape index (κ3) is 5.08. The average molecular weight is 600 g/mol. The molecule has 1 atom stereocenters. The van der Waals surface area contributed by atoms with E-state index in [1.165, 1.54) is 49.0 Å². The maximum atomic E-state index is 10.2. The first kappa shape index (κ1) is 28.6. The molecule has 0 amide bonds. The Labute approximate surface area is 276 Å². The first-order valence-electron chi connectivity index (χ1n) is 16.4. The van der Waals surface area contributed by atoms with Gasteiger partial charge in [-0.05, 0) is 107 Å². The van der Waals surface area contributed by atoms with Crippen LogP contribution in [0.1, 0.15) is 65.5 Å². The van der Waals surface area contributed by atoms with Crippen molar-refractivity contribution in [3.8, 4) is 29.0 Å². The van der Waals surface area contributed by atoms with Gasteiger partial charge in [0.25, 0.3) is 0 Å². The van der Waals surface area contributed by atoms with Gasteiger partial charge >= 0.3 is 0 Å². The summed E-state index contributed by atoms with van der Waals surface area (Å²) in [6, 6.07) is 50.4. The van der Waals surface area contributed by atoms with Gasteiger partial charge in [0.2, 0.25) is 0 Å². The molecule has 0 bridgehead atoms. The monoisotopic (exact) mass is 599 g/mol. The van der Waals surface area contributed by atoms with Gasteiger partial charge in [0.1, 0.15) is 0 Å². The molecule has 7 aromatic carbocycles. The van der Waals surface area contributed by atoms with Gasteiger partial charge < -0.3 is 0 Å². The molecule has 0 spiro atoms. The summed E-state index contributed by atoms with van der Waals surface area (Å²) in [7, 11) is 0. The van der Waals surface area contributed by atoms with E-state index >= 15 is 0 Å². The van der Waals surface area contributed by atoms with Crippen molar-refractivity contribution in [3.63, 3.8) is 0 Å². The van der Waals surface area contributed by atoms with Crippen molar-refractivity contribution < 1.29 is 0 Å². The van der Waals surface area contributed by atoms with E-state index in [9.17, 15) is 5.26 Å². The minimum Gasteiger partial charge on any atom is -0.192 e. The Bertz CT molecular complexity index is 2440. The summed E-state index contributed by atoms with van der Waals surface area (Å²) in [5.41, 5.74) is 9.82. The Morgan fingerprint density at radius 3 is 1.91 bits per heavy atom. The summed E-state index contributed by atoms with van der Waals surface area (Å²) in [4.78, 5) is 0. The fraction of sp³-hybridized carbons (Fsp3) is 0.109. The summed E-state index contributed by atoms with van der Waals surface area (Å²) in [6.07, 6.45) is 2.87. The highest BCUT2D eigenvalue weighted by atomic mass is 14.3. The highest BCUT2D eigenvalue weighted by molar-refractivity contribution is 6.25. The highest BCUT2D eigenvalue weighted by Crippen LogP contribution is 2.40. The molecule has 1 unspecified atom stereocenters. The second-order valence-corrected chi connectivity index (χ2v) is 12.7. The van der Waals surface area contributed by atoms with Crippen LogP contribution in [0, 0.1) is 23.2 Å². The molecular formula is C46H33N. The molecule has 0 saturated heterocycles.